The first kappa shape index (κ1) is 21.1. The quantitative estimate of drug-likeness (QED) is 0.372. The second-order valence-corrected chi connectivity index (χ2v) is 8.11. The highest BCUT2D eigenvalue weighted by Crippen LogP contribution is 2.22. The summed E-state index contributed by atoms with van der Waals surface area (Å²) in [6.07, 6.45) is 0.590. The third-order valence-electron chi connectivity index (χ3n) is 4.38. The monoisotopic (exact) mass is 454 g/mol. The fourth-order valence-electron chi connectivity index (χ4n) is 2.82. The summed E-state index contributed by atoms with van der Waals surface area (Å²) in [6, 6.07) is 15.1. The van der Waals surface area contributed by atoms with Gasteiger partial charge in [-0.15, -0.1) is 5.10 Å². The Morgan fingerprint density at radius 1 is 1.19 bits per heavy atom. The van der Waals surface area contributed by atoms with Crippen molar-refractivity contribution < 1.29 is 9.32 Å². The third kappa shape index (κ3) is 5.71. The van der Waals surface area contributed by atoms with Gasteiger partial charge in [-0.3, -0.25) is 9.89 Å². The molecule has 0 aliphatic carbocycles. The van der Waals surface area contributed by atoms with Crippen LogP contribution in [0.2, 0.25) is 5.02 Å². The van der Waals surface area contributed by atoms with Crippen molar-refractivity contribution in [2.24, 2.45) is 0 Å². The van der Waals surface area contributed by atoms with Crippen molar-refractivity contribution in [3.05, 3.63) is 70.8 Å². The van der Waals surface area contributed by atoms with Crippen molar-refractivity contribution >= 4 is 35.0 Å². The van der Waals surface area contributed by atoms with Crippen LogP contribution in [0.15, 0.2) is 58.2 Å². The fraction of sp³-hybridized carbons (Fsp3) is 0.190. The van der Waals surface area contributed by atoms with Crippen molar-refractivity contribution in [3.63, 3.8) is 0 Å². The SMILES string of the molecule is Cc1cc(Cl)ccc1NC(=O)CCc1nc(CSc2n[nH]c(-c3ccccc3)n2)no1. The first-order valence-corrected chi connectivity index (χ1v) is 10.9. The first-order valence-electron chi connectivity index (χ1n) is 9.55. The molecule has 8 nitrogen and oxygen atoms in total. The Morgan fingerprint density at radius 3 is 2.84 bits per heavy atom. The van der Waals surface area contributed by atoms with Gasteiger partial charge in [0.25, 0.3) is 0 Å². The van der Waals surface area contributed by atoms with E-state index in [-0.39, 0.29) is 12.3 Å². The zero-order valence-electron chi connectivity index (χ0n) is 16.6. The second kappa shape index (κ2) is 9.76. The van der Waals surface area contributed by atoms with Crippen LogP contribution in [0.25, 0.3) is 11.4 Å². The summed E-state index contributed by atoms with van der Waals surface area (Å²) < 4.78 is 5.25. The van der Waals surface area contributed by atoms with Crippen molar-refractivity contribution in [1.29, 1.82) is 0 Å². The van der Waals surface area contributed by atoms with Gasteiger partial charge in [-0.1, -0.05) is 58.9 Å². The fourth-order valence-corrected chi connectivity index (χ4v) is 3.68. The molecule has 0 unspecified atom stereocenters. The zero-order valence-corrected chi connectivity index (χ0v) is 18.2. The van der Waals surface area contributed by atoms with E-state index in [0.717, 1.165) is 16.8 Å². The number of halogens is 1. The number of aromatic nitrogens is 5. The molecule has 4 aromatic rings. The van der Waals surface area contributed by atoms with E-state index >= 15 is 0 Å². The molecule has 0 fully saturated rings. The van der Waals surface area contributed by atoms with E-state index in [9.17, 15) is 4.79 Å². The lowest BCUT2D eigenvalue weighted by atomic mass is 10.2. The molecule has 0 saturated heterocycles. The minimum Gasteiger partial charge on any atom is -0.339 e. The smallest absolute Gasteiger partial charge is 0.227 e. The molecule has 10 heteroatoms. The highest BCUT2D eigenvalue weighted by molar-refractivity contribution is 7.98. The number of amides is 1. The summed E-state index contributed by atoms with van der Waals surface area (Å²) in [5, 5.41) is 15.2. The molecule has 1 amide bonds. The topological polar surface area (TPSA) is 110 Å². The third-order valence-corrected chi connectivity index (χ3v) is 5.46. The van der Waals surface area contributed by atoms with Gasteiger partial charge in [0.15, 0.2) is 11.6 Å². The lowest BCUT2D eigenvalue weighted by molar-refractivity contribution is -0.116. The standard InChI is InChI=1S/C21H19ClN6O2S/c1-13-11-15(22)7-8-16(13)23-18(29)9-10-19-24-17(28-30-19)12-31-21-25-20(26-27-21)14-5-3-2-4-6-14/h2-8,11H,9-10,12H2,1H3,(H,23,29)(H,25,26,27). The Balaban J connectivity index is 1.26. The number of aromatic amines is 1. The number of hydrogen-bond acceptors (Lipinski definition) is 7. The summed E-state index contributed by atoms with van der Waals surface area (Å²) in [5.74, 6) is 1.98. The highest BCUT2D eigenvalue weighted by atomic mass is 35.5. The molecule has 2 aromatic carbocycles. The van der Waals surface area contributed by atoms with Crippen LogP contribution in [-0.2, 0) is 17.0 Å². The molecule has 2 aromatic heterocycles. The molecule has 31 heavy (non-hydrogen) atoms. The van der Waals surface area contributed by atoms with Crippen LogP contribution in [0.3, 0.4) is 0 Å². The predicted octanol–water partition coefficient (Wildman–Crippen LogP) is 4.68. The molecule has 0 bridgehead atoms. The average Bonchev–Trinajstić information content (AvgIpc) is 3.43. The van der Waals surface area contributed by atoms with Gasteiger partial charge in [-0.05, 0) is 30.7 Å². The molecular weight excluding hydrogens is 436 g/mol. The molecule has 2 N–H and O–H groups in total. The summed E-state index contributed by atoms with van der Waals surface area (Å²) >= 11 is 7.34. The number of aryl methyl sites for hydroxylation is 2. The van der Waals surface area contributed by atoms with Crippen LogP contribution in [0, 0.1) is 6.92 Å². The van der Waals surface area contributed by atoms with Crippen LogP contribution in [0.5, 0.6) is 0 Å². The molecule has 2 heterocycles. The lowest BCUT2D eigenvalue weighted by Crippen LogP contribution is -2.13. The van der Waals surface area contributed by atoms with Gasteiger partial charge in [0.2, 0.25) is 17.0 Å². The number of nitrogens with one attached hydrogen (secondary N) is 2. The average molecular weight is 455 g/mol. The van der Waals surface area contributed by atoms with Crippen LogP contribution in [0.1, 0.15) is 23.7 Å². The van der Waals surface area contributed by atoms with Crippen molar-refractivity contribution in [2.75, 3.05) is 5.32 Å². The maximum absolute atomic E-state index is 12.2. The van der Waals surface area contributed by atoms with E-state index in [1.54, 1.807) is 18.2 Å². The number of H-pyrrole nitrogens is 1. The van der Waals surface area contributed by atoms with Gasteiger partial charge in [-0.2, -0.15) is 4.98 Å². The number of benzene rings is 2. The van der Waals surface area contributed by atoms with E-state index in [4.69, 9.17) is 16.1 Å². The molecule has 0 radical (unpaired) electrons. The van der Waals surface area contributed by atoms with Crippen LogP contribution < -0.4 is 5.32 Å². The number of thioether (sulfide) groups is 1. The summed E-state index contributed by atoms with van der Waals surface area (Å²) in [5.41, 5.74) is 2.61. The minimum atomic E-state index is -0.131. The maximum Gasteiger partial charge on any atom is 0.227 e. The Hall–Kier alpha value is -3.17. The van der Waals surface area contributed by atoms with Gasteiger partial charge in [-0.25, -0.2) is 4.98 Å². The van der Waals surface area contributed by atoms with Crippen LogP contribution in [0.4, 0.5) is 5.69 Å². The Kier molecular flexibility index (Phi) is 6.63. The highest BCUT2D eigenvalue weighted by Gasteiger charge is 2.12. The largest absolute Gasteiger partial charge is 0.339 e. The number of rotatable bonds is 8. The van der Waals surface area contributed by atoms with E-state index in [1.165, 1.54) is 11.8 Å². The summed E-state index contributed by atoms with van der Waals surface area (Å²) in [6.45, 7) is 1.89. The van der Waals surface area contributed by atoms with E-state index in [2.05, 4.69) is 30.6 Å². The molecule has 0 atom stereocenters. The molecule has 0 spiro atoms. The lowest BCUT2D eigenvalue weighted by Gasteiger charge is -2.07. The summed E-state index contributed by atoms with van der Waals surface area (Å²) in [7, 11) is 0. The first-order chi connectivity index (χ1) is 15.1. The molecule has 0 aliphatic rings. The van der Waals surface area contributed by atoms with Crippen LogP contribution in [-0.4, -0.2) is 31.2 Å². The number of anilines is 1. The molecular formula is C21H19ClN6O2S. The Labute approximate surface area is 187 Å². The Morgan fingerprint density at radius 2 is 2.03 bits per heavy atom. The van der Waals surface area contributed by atoms with Crippen molar-refractivity contribution in [3.8, 4) is 11.4 Å². The van der Waals surface area contributed by atoms with Gasteiger partial charge in [0, 0.05) is 29.1 Å². The van der Waals surface area contributed by atoms with E-state index in [0.29, 0.717) is 39.9 Å². The van der Waals surface area contributed by atoms with Gasteiger partial charge in [0.1, 0.15) is 0 Å². The molecule has 0 saturated carbocycles. The van der Waals surface area contributed by atoms with Crippen molar-refractivity contribution in [2.45, 2.75) is 30.7 Å². The number of nitrogens with zero attached hydrogens (tertiary/aromatic N) is 4. The van der Waals surface area contributed by atoms with Crippen LogP contribution >= 0.6 is 23.4 Å². The van der Waals surface area contributed by atoms with Gasteiger partial charge >= 0.3 is 0 Å². The second-order valence-electron chi connectivity index (χ2n) is 6.73. The maximum atomic E-state index is 12.2. The Bertz CT molecular complexity index is 1180. The van der Waals surface area contributed by atoms with E-state index < -0.39 is 0 Å². The number of carbonyl (C=O) groups excluding carboxylic acids is 1. The normalized spacial score (nSPS) is 10.9. The predicted molar refractivity (Wildman–Crippen MR) is 119 cm³/mol. The molecule has 158 valence electrons. The number of hydrogen-bond donors (Lipinski definition) is 2. The molecule has 0 aliphatic heterocycles. The van der Waals surface area contributed by atoms with Gasteiger partial charge < -0.3 is 9.84 Å². The number of carbonyl (C=O) groups is 1. The zero-order chi connectivity index (χ0) is 21.6. The minimum absolute atomic E-state index is 0.131. The molecule has 4 rings (SSSR count). The summed E-state index contributed by atoms with van der Waals surface area (Å²) in [4.78, 5) is 21.0. The van der Waals surface area contributed by atoms with Gasteiger partial charge in [0.05, 0.1) is 5.75 Å². The van der Waals surface area contributed by atoms with E-state index in [1.807, 2.05) is 37.3 Å². The van der Waals surface area contributed by atoms with Crippen molar-refractivity contribution in [1.82, 2.24) is 25.3 Å².